The maximum Gasteiger partial charge on any atom is 0.236 e. The van der Waals surface area contributed by atoms with Gasteiger partial charge in [-0.25, -0.2) is 0 Å². The van der Waals surface area contributed by atoms with Crippen molar-refractivity contribution in [2.24, 2.45) is 5.92 Å². The summed E-state index contributed by atoms with van der Waals surface area (Å²) in [6, 6.07) is 3.86. The van der Waals surface area contributed by atoms with Crippen LogP contribution in [-0.4, -0.2) is 70.3 Å². The fraction of sp³-hybridized carbons (Fsp3) is 0.600. The number of piperidine rings is 1. The summed E-state index contributed by atoms with van der Waals surface area (Å²) in [5.74, 6) is -0.0920. The second-order valence-electron chi connectivity index (χ2n) is 5.67. The van der Waals surface area contributed by atoms with Crippen molar-refractivity contribution in [3.05, 3.63) is 30.1 Å². The molecule has 1 fully saturated rings. The summed E-state index contributed by atoms with van der Waals surface area (Å²) in [4.78, 5) is 19.8. The molecule has 116 valence electrons. The van der Waals surface area contributed by atoms with Gasteiger partial charge < -0.3 is 15.1 Å². The number of hydrogen-bond acceptors (Lipinski definition) is 5. The number of carbonyl (C=O) groups excluding carboxylic acids is 1. The van der Waals surface area contributed by atoms with Gasteiger partial charge in [-0.15, -0.1) is 0 Å². The number of pyridine rings is 1. The van der Waals surface area contributed by atoms with Crippen LogP contribution in [0.15, 0.2) is 24.5 Å². The number of amides is 1. The minimum atomic E-state index is -0.627. The molecule has 1 aliphatic rings. The molecule has 0 unspecified atom stereocenters. The zero-order valence-corrected chi connectivity index (χ0v) is 12.4. The van der Waals surface area contributed by atoms with Gasteiger partial charge in [-0.3, -0.25) is 14.7 Å². The van der Waals surface area contributed by atoms with Gasteiger partial charge >= 0.3 is 0 Å². The van der Waals surface area contributed by atoms with Crippen LogP contribution in [0.1, 0.15) is 12.0 Å². The predicted octanol–water partition coefficient (Wildman–Crippen LogP) is -0.285. The van der Waals surface area contributed by atoms with Crippen LogP contribution in [-0.2, 0) is 11.3 Å². The third-order valence-electron chi connectivity index (χ3n) is 3.92. The molecule has 1 amide bonds. The van der Waals surface area contributed by atoms with Crippen LogP contribution in [0.25, 0.3) is 0 Å². The Morgan fingerprint density at radius 1 is 1.48 bits per heavy atom. The molecule has 1 aromatic rings. The Labute approximate surface area is 125 Å². The van der Waals surface area contributed by atoms with Crippen molar-refractivity contribution >= 4 is 5.91 Å². The second kappa shape index (κ2) is 7.49. The zero-order valence-electron chi connectivity index (χ0n) is 12.4. The van der Waals surface area contributed by atoms with Gasteiger partial charge in [-0.1, -0.05) is 0 Å². The topological polar surface area (TPSA) is 76.9 Å². The van der Waals surface area contributed by atoms with Crippen LogP contribution in [0, 0.1) is 5.92 Å². The molecule has 0 spiro atoms. The van der Waals surface area contributed by atoms with Crippen molar-refractivity contribution in [3.63, 3.8) is 0 Å². The average Bonchev–Trinajstić information content (AvgIpc) is 2.48. The third kappa shape index (κ3) is 4.49. The molecule has 21 heavy (non-hydrogen) atoms. The van der Waals surface area contributed by atoms with Crippen LogP contribution in [0.5, 0.6) is 0 Å². The summed E-state index contributed by atoms with van der Waals surface area (Å²) in [6.45, 7) is 1.89. The molecule has 2 heterocycles. The predicted molar refractivity (Wildman–Crippen MR) is 78.4 cm³/mol. The summed E-state index contributed by atoms with van der Waals surface area (Å²) < 4.78 is 0. The van der Waals surface area contributed by atoms with Crippen LogP contribution >= 0.6 is 0 Å². The van der Waals surface area contributed by atoms with E-state index in [0.717, 1.165) is 5.56 Å². The number of β-amino-alcohol motifs (C(OH)–C–C–N with tert-alkyl or cyclic N) is 1. The van der Waals surface area contributed by atoms with E-state index < -0.39 is 6.10 Å². The highest BCUT2D eigenvalue weighted by atomic mass is 16.3. The molecular weight excluding hydrogens is 270 g/mol. The van der Waals surface area contributed by atoms with E-state index in [9.17, 15) is 9.90 Å². The largest absolute Gasteiger partial charge is 0.396 e. The number of nitrogens with zero attached hydrogens (tertiary/aromatic N) is 3. The van der Waals surface area contributed by atoms with Crippen LogP contribution in [0.2, 0.25) is 0 Å². The lowest BCUT2D eigenvalue weighted by atomic mass is 9.95. The molecular formula is C15H23N3O3. The van der Waals surface area contributed by atoms with Crippen LogP contribution in [0.3, 0.4) is 0 Å². The lowest BCUT2D eigenvalue weighted by molar-refractivity contribution is -0.137. The maximum atomic E-state index is 12.2. The highest BCUT2D eigenvalue weighted by molar-refractivity contribution is 5.78. The Balaban J connectivity index is 1.81. The van der Waals surface area contributed by atoms with E-state index in [1.807, 2.05) is 24.1 Å². The fourth-order valence-electron chi connectivity index (χ4n) is 2.61. The molecule has 1 aromatic heterocycles. The molecule has 6 heteroatoms. The van der Waals surface area contributed by atoms with Crippen molar-refractivity contribution in [3.8, 4) is 0 Å². The van der Waals surface area contributed by atoms with Gasteiger partial charge in [-0.2, -0.15) is 0 Å². The SMILES string of the molecule is CN(CC(=O)N1CC[C@H](CO)[C@H](O)C1)Cc1ccncc1. The standard InChI is InChI=1S/C15H23N3O3/c1-17(8-12-2-5-16-6-3-12)10-15(21)18-7-4-13(11-19)14(20)9-18/h2-3,5-6,13-14,19-20H,4,7-11H2,1H3/t13-,14-/m1/s1. The first-order valence-corrected chi connectivity index (χ1v) is 7.24. The lowest BCUT2D eigenvalue weighted by Crippen LogP contribution is -2.49. The van der Waals surface area contributed by atoms with Crippen molar-refractivity contribution < 1.29 is 15.0 Å². The molecule has 0 aliphatic carbocycles. The van der Waals surface area contributed by atoms with Crippen molar-refractivity contribution in [1.29, 1.82) is 0 Å². The van der Waals surface area contributed by atoms with Gasteiger partial charge in [0.25, 0.3) is 0 Å². The van der Waals surface area contributed by atoms with E-state index in [-0.39, 0.29) is 18.4 Å². The number of hydrogen-bond donors (Lipinski definition) is 2. The van der Waals surface area contributed by atoms with E-state index in [1.54, 1.807) is 17.3 Å². The molecule has 2 rings (SSSR count). The Morgan fingerprint density at radius 2 is 2.19 bits per heavy atom. The van der Waals surface area contributed by atoms with Crippen molar-refractivity contribution in [2.75, 3.05) is 33.3 Å². The molecule has 6 nitrogen and oxygen atoms in total. The first kappa shape index (κ1) is 15.9. The molecule has 0 saturated carbocycles. The van der Waals surface area contributed by atoms with Gasteiger partial charge in [0, 0.05) is 44.6 Å². The fourth-order valence-corrected chi connectivity index (χ4v) is 2.61. The Kier molecular flexibility index (Phi) is 5.67. The Bertz CT molecular complexity index is 455. The van der Waals surface area contributed by atoms with Gasteiger partial charge in [-0.05, 0) is 31.2 Å². The smallest absolute Gasteiger partial charge is 0.236 e. The molecule has 1 saturated heterocycles. The number of likely N-dealkylation sites (N-methyl/N-ethyl adjacent to an activating group) is 1. The maximum absolute atomic E-state index is 12.2. The van der Waals surface area contributed by atoms with Gasteiger partial charge in [0.1, 0.15) is 0 Å². The van der Waals surface area contributed by atoms with Crippen LogP contribution in [0.4, 0.5) is 0 Å². The first-order valence-electron chi connectivity index (χ1n) is 7.24. The Hall–Kier alpha value is -1.50. The van der Waals surface area contributed by atoms with E-state index >= 15 is 0 Å². The zero-order chi connectivity index (χ0) is 15.2. The van der Waals surface area contributed by atoms with E-state index in [4.69, 9.17) is 5.11 Å². The molecule has 0 radical (unpaired) electrons. The number of aromatic nitrogens is 1. The highest BCUT2D eigenvalue weighted by Crippen LogP contribution is 2.17. The monoisotopic (exact) mass is 293 g/mol. The number of likely N-dealkylation sites (tertiary alicyclic amines) is 1. The Morgan fingerprint density at radius 3 is 2.81 bits per heavy atom. The van der Waals surface area contributed by atoms with Crippen molar-refractivity contribution in [2.45, 2.75) is 19.1 Å². The minimum absolute atomic E-state index is 0.0157. The van der Waals surface area contributed by atoms with Gasteiger partial charge in [0.2, 0.25) is 5.91 Å². The summed E-state index contributed by atoms with van der Waals surface area (Å²) in [7, 11) is 1.90. The first-order chi connectivity index (χ1) is 10.1. The number of rotatable bonds is 5. The summed E-state index contributed by atoms with van der Waals surface area (Å²) in [5.41, 5.74) is 1.11. The minimum Gasteiger partial charge on any atom is -0.396 e. The molecule has 0 aromatic carbocycles. The highest BCUT2D eigenvalue weighted by Gasteiger charge is 2.29. The summed E-state index contributed by atoms with van der Waals surface area (Å²) in [5, 5.41) is 19.0. The third-order valence-corrected chi connectivity index (χ3v) is 3.92. The number of aliphatic hydroxyl groups excluding tert-OH is 2. The van der Waals surface area contributed by atoms with E-state index in [1.165, 1.54) is 0 Å². The summed E-state index contributed by atoms with van der Waals surface area (Å²) >= 11 is 0. The number of aliphatic hydroxyl groups is 2. The molecule has 2 N–H and O–H groups in total. The van der Waals surface area contributed by atoms with E-state index in [2.05, 4.69) is 4.98 Å². The van der Waals surface area contributed by atoms with Crippen LogP contribution < -0.4 is 0 Å². The quantitative estimate of drug-likeness (QED) is 0.780. The second-order valence-corrected chi connectivity index (χ2v) is 5.67. The van der Waals surface area contributed by atoms with Gasteiger partial charge in [0.05, 0.1) is 12.6 Å². The molecule has 1 aliphatic heterocycles. The molecule has 0 bridgehead atoms. The van der Waals surface area contributed by atoms with E-state index in [0.29, 0.717) is 32.6 Å². The summed E-state index contributed by atoms with van der Waals surface area (Å²) in [6.07, 6.45) is 3.50. The van der Waals surface area contributed by atoms with Crippen molar-refractivity contribution in [1.82, 2.24) is 14.8 Å². The lowest BCUT2D eigenvalue weighted by Gasteiger charge is -2.35. The molecule has 2 atom stereocenters. The number of carbonyl (C=O) groups is 1. The normalized spacial score (nSPS) is 22.6. The van der Waals surface area contributed by atoms with Gasteiger partial charge in [0.15, 0.2) is 0 Å². The average molecular weight is 293 g/mol.